The van der Waals surface area contributed by atoms with Crippen molar-refractivity contribution in [2.24, 2.45) is 16.8 Å². The molecule has 3 heterocycles. The molecule has 0 aromatic heterocycles. The Kier molecular flexibility index (Phi) is 6.75. The lowest BCUT2D eigenvalue weighted by atomic mass is 9.80. The third-order valence-electron chi connectivity index (χ3n) is 9.16. The number of nitrogens with two attached hydrogens (primary N) is 1. The highest BCUT2D eigenvalue weighted by Crippen LogP contribution is 2.43. The Morgan fingerprint density at radius 3 is 2.50 bits per heavy atom. The highest BCUT2D eigenvalue weighted by Gasteiger charge is 2.53. The summed E-state index contributed by atoms with van der Waals surface area (Å²) in [6.07, 6.45) is 5.70. The molecule has 202 valence electrons. The van der Waals surface area contributed by atoms with E-state index in [0.29, 0.717) is 11.1 Å². The van der Waals surface area contributed by atoms with E-state index in [9.17, 15) is 14.4 Å². The number of hydrogen-bond acceptors (Lipinski definition) is 7. The molecule has 3 aliphatic heterocycles. The quantitative estimate of drug-likeness (QED) is 0.331. The van der Waals surface area contributed by atoms with Crippen LogP contribution in [0, 0.1) is 5.92 Å². The molecular formula is C27H35N7O4. The molecular weight excluding hydrogens is 486 g/mol. The van der Waals surface area contributed by atoms with Crippen molar-refractivity contribution in [3.05, 3.63) is 39.8 Å². The number of Topliss-reactive ketones (excluding diaryl/α,β-unsaturated/α-hetero) is 1. The van der Waals surface area contributed by atoms with E-state index in [0.717, 1.165) is 63.6 Å². The predicted octanol–water partition coefficient (Wildman–Crippen LogP) is 2.20. The van der Waals surface area contributed by atoms with Crippen LogP contribution in [0.25, 0.3) is 10.4 Å². The lowest BCUT2D eigenvalue weighted by Crippen LogP contribution is -2.47. The van der Waals surface area contributed by atoms with Crippen molar-refractivity contribution in [3.63, 3.8) is 0 Å². The Morgan fingerprint density at radius 2 is 1.84 bits per heavy atom. The number of ether oxygens (including phenoxy) is 1. The SMILES string of the molecule is [N-]=[N+]=N[C@@H]1CN(C(=O)[C@H](c2cc(N3CCN(C4CC4)CC3)ccc2C(N)=O)C2CCCC2)[C@@H]2C(=O)CO[C@@H]21. The molecule has 11 nitrogen and oxygen atoms in total. The van der Waals surface area contributed by atoms with E-state index in [1.165, 1.54) is 12.8 Å². The maximum Gasteiger partial charge on any atom is 0.249 e. The molecule has 4 atom stereocenters. The molecule has 2 N–H and O–H groups in total. The van der Waals surface area contributed by atoms with Crippen LogP contribution >= 0.6 is 0 Å². The van der Waals surface area contributed by atoms with E-state index >= 15 is 0 Å². The number of azide groups is 1. The Balaban J connectivity index is 1.35. The minimum atomic E-state index is -0.766. The molecule has 2 amide bonds. The molecule has 1 aromatic carbocycles. The fraction of sp³-hybridized carbons (Fsp3) is 0.667. The summed E-state index contributed by atoms with van der Waals surface area (Å²) in [4.78, 5) is 49.1. The molecule has 0 radical (unpaired) electrons. The zero-order valence-electron chi connectivity index (χ0n) is 21.6. The minimum absolute atomic E-state index is 0.0388. The van der Waals surface area contributed by atoms with Gasteiger partial charge in [-0.25, -0.2) is 0 Å². The van der Waals surface area contributed by atoms with E-state index in [2.05, 4.69) is 19.8 Å². The van der Waals surface area contributed by atoms with Gasteiger partial charge >= 0.3 is 0 Å². The number of rotatable bonds is 7. The van der Waals surface area contributed by atoms with Gasteiger partial charge in [0.1, 0.15) is 12.6 Å². The molecule has 0 unspecified atom stereocenters. The third kappa shape index (κ3) is 4.52. The summed E-state index contributed by atoms with van der Waals surface area (Å²) in [5.74, 6) is -1.52. The molecule has 2 aliphatic carbocycles. The average Bonchev–Trinajstić information content (AvgIpc) is 3.31. The summed E-state index contributed by atoms with van der Waals surface area (Å²) < 4.78 is 5.64. The van der Waals surface area contributed by atoms with E-state index < -0.39 is 30.0 Å². The van der Waals surface area contributed by atoms with Gasteiger partial charge in [-0.2, -0.15) is 0 Å². The van der Waals surface area contributed by atoms with Gasteiger partial charge in [-0.3, -0.25) is 19.3 Å². The molecule has 11 heteroatoms. The normalized spacial score (nSPS) is 28.8. The van der Waals surface area contributed by atoms with Gasteiger partial charge in [0.2, 0.25) is 11.8 Å². The van der Waals surface area contributed by atoms with E-state index in [4.69, 9.17) is 16.0 Å². The summed E-state index contributed by atoms with van der Waals surface area (Å²) in [5, 5.41) is 3.83. The van der Waals surface area contributed by atoms with E-state index in [-0.39, 0.29) is 30.8 Å². The van der Waals surface area contributed by atoms with Crippen LogP contribution in [0.3, 0.4) is 0 Å². The smallest absolute Gasteiger partial charge is 0.249 e. The number of nitrogens with zero attached hydrogens (tertiary/aromatic N) is 6. The second-order valence-electron chi connectivity index (χ2n) is 11.4. The molecule has 2 saturated carbocycles. The Labute approximate surface area is 221 Å². The summed E-state index contributed by atoms with van der Waals surface area (Å²) in [6.45, 7) is 3.82. The fourth-order valence-electron chi connectivity index (χ4n) is 7.10. The van der Waals surface area contributed by atoms with Crippen LogP contribution in [0.1, 0.15) is 60.4 Å². The maximum absolute atomic E-state index is 14.4. The van der Waals surface area contributed by atoms with Crippen molar-refractivity contribution in [3.8, 4) is 0 Å². The molecule has 5 aliphatic rings. The van der Waals surface area contributed by atoms with Gasteiger partial charge in [0.25, 0.3) is 0 Å². The number of likely N-dealkylation sites (tertiary alicyclic amines) is 1. The van der Waals surface area contributed by atoms with Gasteiger partial charge in [-0.15, -0.1) is 0 Å². The van der Waals surface area contributed by atoms with Gasteiger partial charge in [0.15, 0.2) is 5.78 Å². The van der Waals surface area contributed by atoms with Gasteiger partial charge in [-0.05, 0) is 60.9 Å². The lowest BCUT2D eigenvalue weighted by molar-refractivity contribution is -0.138. The number of hydrogen-bond donors (Lipinski definition) is 1. The second kappa shape index (κ2) is 10.2. The molecule has 3 saturated heterocycles. The largest absolute Gasteiger partial charge is 0.369 e. The summed E-state index contributed by atoms with van der Waals surface area (Å²) in [5.41, 5.74) is 16.9. The number of piperazine rings is 1. The standard InChI is InChI=1S/C27H35N7O4/c28-26(36)19-8-7-18(33-11-9-32(10-12-33)17-5-6-17)13-20(19)23(16-3-1-2-4-16)27(37)34-14-21(30-31-29)25-24(34)22(35)15-38-25/h7-8,13,16-17,21,23-25H,1-6,9-12,14-15H2,(H2,28,36)/t21-,23+,24-,25-/m1/s1. The molecule has 38 heavy (non-hydrogen) atoms. The van der Waals surface area contributed by atoms with Crippen molar-refractivity contribution in [1.82, 2.24) is 9.80 Å². The van der Waals surface area contributed by atoms with Crippen LogP contribution in [0.4, 0.5) is 5.69 Å². The number of carbonyl (C=O) groups is 3. The monoisotopic (exact) mass is 521 g/mol. The van der Waals surface area contributed by atoms with Gasteiger partial charge < -0.3 is 20.3 Å². The zero-order chi connectivity index (χ0) is 26.4. The average molecular weight is 522 g/mol. The van der Waals surface area contributed by atoms with Gasteiger partial charge in [-0.1, -0.05) is 18.0 Å². The maximum atomic E-state index is 14.4. The highest BCUT2D eigenvalue weighted by atomic mass is 16.5. The van der Waals surface area contributed by atoms with Gasteiger partial charge in [0, 0.05) is 54.9 Å². The Bertz CT molecular complexity index is 1170. The number of amides is 2. The van der Waals surface area contributed by atoms with Crippen molar-refractivity contribution < 1.29 is 19.1 Å². The highest BCUT2D eigenvalue weighted by molar-refractivity contribution is 5.99. The first-order chi connectivity index (χ1) is 18.5. The second-order valence-corrected chi connectivity index (χ2v) is 11.4. The van der Waals surface area contributed by atoms with E-state index in [1.807, 2.05) is 12.1 Å². The van der Waals surface area contributed by atoms with Crippen LogP contribution in [0.2, 0.25) is 0 Å². The van der Waals surface area contributed by atoms with Crippen LogP contribution < -0.4 is 10.6 Å². The third-order valence-corrected chi connectivity index (χ3v) is 9.16. The number of primary amides is 1. The van der Waals surface area contributed by atoms with Gasteiger partial charge in [0.05, 0.1) is 18.1 Å². The number of anilines is 1. The summed E-state index contributed by atoms with van der Waals surface area (Å²) >= 11 is 0. The Morgan fingerprint density at radius 1 is 1.11 bits per heavy atom. The zero-order valence-corrected chi connectivity index (χ0v) is 21.6. The van der Waals surface area contributed by atoms with Crippen molar-refractivity contribution in [2.75, 3.05) is 44.2 Å². The Hall–Kier alpha value is -3.14. The number of ketones is 1. The number of fused-ring (bicyclic) bond motifs is 1. The van der Waals surface area contributed by atoms with Crippen LogP contribution in [0.5, 0.6) is 0 Å². The predicted molar refractivity (Wildman–Crippen MR) is 140 cm³/mol. The van der Waals surface area contributed by atoms with Crippen molar-refractivity contribution in [1.29, 1.82) is 0 Å². The van der Waals surface area contributed by atoms with Crippen LogP contribution in [-0.2, 0) is 14.3 Å². The molecule has 0 bridgehead atoms. The number of benzene rings is 1. The molecule has 0 spiro atoms. The lowest BCUT2D eigenvalue weighted by Gasteiger charge is -2.37. The molecule has 6 rings (SSSR count). The number of carbonyl (C=O) groups excluding carboxylic acids is 3. The first-order valence-corrected chi connectivity index (χ1v) is 13.9. The fourth-order valence-corrected chi connectivity index (χ4v) is 7.10. The van der Waals surface area contributed by atoms with Crippen molar-refractivity contribution in [2.45, 2.75) is 68.7 Å². The van der Waals surface area contributed by atoms with E-state index in [1.54, 1.807) is 11.0 Å². The minimum Gasteiger partial charge on any atom is -0.369 e. The first-order valence-electron chi connectivity index (χ1n) is 13.9. The summed E-state index contributed by atoms with van der Waals surface area (Å²) in [6, 6.07) is 5.03. The molecule has 1 aromatic rings. The first kappa shape index (κ1) is 25.2. The molecule has 5 fully saturated rings. The topological polar surface area (TPSA) is 145 Å². The van der Waals surface area contributed by atoms with Crippen LogP contribution in [0.15, 0.2) is 23.3 Å². The van der Waals surface area contributed by atoms with Crippen molar-refractivity contribution >= 4 is 23.3 Å². The van der Waals surface area contributed by atoms with Crippen LogP contribution in [-0.4, -0.2) is 91.0 Å². The summed E-state index contributed by atoms with van der Waals surface area (Å²) in [7, 11) is 0.